The van der Waals surface area contributed by atoms with Crippen LogP contribution in [0.1, 0.15) is 41.4 Å². The summed E-state index contributed by atoms with van der Waals surface area (Å²) in [6.45, 7) is 7.29. The second-order valence-electron chi connectivity index (χ2n) is 9.21. The van der Waals surface area contributed by atoms with Crippen LogP contribution in [-0.4, -0.2) is 52.3 Å². The standard InChI is InChI=1S/C28H34N4O3/c1-5-21-11-13-22(14-12-21)17-31-18-23(15-26(31)28(34)35-4)29-27(33)16-25-19(2)30-32(20(25)3)24-9-7-6-8-10-24/h6-14,23,26H,5,15-18H2,1-4H3,(H,29,33)/t23-,26-/m0/s1. The first-order valence-corrected chi connectivity index (χ1v) is 12.2. The van der Waals surface area contributed by atoms with Gasteiger partial charge >= 0.3 is 5.97 Å². The Labute approximate surface area is 207 Å². The highest BCUT2D eigenvalue weighted by Crippen LogP contribution is 2.23. The summed E-state index contributed by atoms with van der Waals surface area (Å²) in [5.74, 6) is -0.325. The maximum Gasteiger partial charge on any atom is 0.323 e. The van der Waals surface area contributed by atoms with Gasteiger partial charge in [0.25, 0.3) is 0 Å². The Bertz CT molecular complexity index is 1170. The van der Waals surface area contributed by atoms with E-state index in [0.717, 1.165) is 34.6 Å². The number of rotatable bonds is 8. The first kappa shape index (κ1) is 24.7. The van der Waals surface area contributed by atoms with E-state index >= 15 is 0 Å². The molecular weight excluding hydrogens is 440 g/mol. The lowest BCUT2D eigenvalue weighted by atomic mass is 10.1. The van der Waals surface area contributed by atoms with Gasteiger partial charge in [-0.25, -0.2) is 4.68 Å². The predicted octanol–water partition coefficient (Wildman–Crippen LogP) is 3.53. The SMILES string of the molecule is CCc1ccc(CN2C[C@@H](NC(=O)Cc3c(C)nn(-c4ccccc4)c3C)C[C@H]2C(=O)OC)cc1. The third kappa shape index (κ3) is 5.62. The zero-order valence-electron chi connectivity index (χ0n) is 21.0. The molecule has 0 spiro atoms. The molecule has 0 aliphatic carbocycles. The van der Waals surface area contributed by atoms with Crippen LogP contribution in [-0.2, 0) is 33.7 Å². The number of ether oxygens (including phenoxy) is 1. The van der Waals surface area contributed by atoms with Crippen molar-refractivity contribution in [1.82, 2.24) is 20.0 Å². The van der Waals surface area contributed by atoms with E-state index in [0.29, 0.717) is 19.5 Å². The highest BCUT2D eigenvalue weighted by atomic mass is 16.5. The Kier molecular flexibility index (Phi) is 7.66. The molecule has 1 saturated heterocycles. The van der Waals surface area contributed by atoms with E-state index < -0.39 is 0 Å². The highest BCUT2D eigenvalue weighted by Gasteiger charge is 2.38. The van der Waals surface area contributed by atoms with E-state index in [9.17, 15) is 9.59 Å². The summed E-state index contributed by atoms with van der Waals surface area (Å²) in [7, 11) is 1.42. The molecule has 1 aromatic heterocycles. The number of aromatic nitrogens is 2. The van der Waals surface area contributed by atoms with Crippen LogP contribution in [0.2, 0.25) is 0 Å². The minimum Gasteiger partial charge on any atom is -0.468 e. The fraction of sp³-hybridized carbons (Fsp3) is 0.393. The molecule has 0 radical (unpaired) electrons. The van der Waals surface area contributed by atoms with Gasteiger partial charge in [0.1, 0.15) is 6.04 Å². The van der Waals surface area contributed by atoms with Crippen molar-refractivity contribution in [3.05, 3.63) is 82.7 Å². The Morgan fingerprint density at radius 3 is 2.40 bits per heavy atom. The van der Waals surface area contributed by atoms with Crippen molar-refractivity contribution in [3.63, 3.8) is 0 Å². The van der Waals surface area contributed by atoms with Crippen molar-refractivity contribution < 1.29 is 14.3 Å². The van der Waals surface area contributed by atoms with Crippen LogP contribution in [0.4, 0.5) is 0 Å². The average molecular weight is 475 g/mol. The zero-order chi connectivity index (χ0) is 24.9. The smallest absolute Gasteiger partial charge is 0.323 e. The zero-order valence-corrected chi connectivity index (χ0v) is 21.0. The fourth-order valence-electron chi connectivity index (χ4n) is 4.87. The molecule has 7 heteroatoms. The molecule has 2 heterocycles. The Balaban J connectivity index is 1.42. The number of benzene rings is 2. The predicted molar refractivity (Wildman–Crippen MR) is 135 cm³/mol. The third-order valence-corrected chi connectivity index (χ3v) is 6.84. The average Bonchev–Trinajstić information content (AvgIpc) is 3.39. The molecule has 4 rings (SSSR count). The molecule has 1 aliphatic rings. The molecule has 1 N–H and O–H groups in total. The minimum atomic E-state index is -0.375. The van der Waals surface area contributed by atoms with Crippen LogP contribution >= 0.6 is 0 Å². The summed E-state index contributed by atoms with van der Waals surface area (Å²) >= 11 is 0. The van der Waals surface area contributed by atoms with Crippen LogP contribution in [0.25, 0.3) is 5.69 Å². The Morgan fingerprint density at radius 1 is 1.06 bits per heavy atom. The Morgan fingerprint density at radius 2 is 1.74 bits per heavy atom. The number of carbonyl (C=O) groups is 2. The molecule has 3 aromatic rings. The molecule has 2 atom stereocenters. The number of carbonyl (C=O) groups excluding carboxylic acids is 2. The summed E-state index contributed by atoms with van der Waals surface area (Å²) in [4.78, 5) is 27.6. The van der Waals surface area contributed by atoms with Gasteiger partial charge in [0.15, 0.2) is 0 Å². The van der Waals surface area contributed by atoms with Gasteiger partial charge in [0.05, 0.1) is 24.9 Å². The van der Waals surface area contributed by atoms with Gasteiger partial charge in [0.2, 0.25) is 5.91 Å². The molecule has 0 bridgehead atoms. The van der Waals surface area contributed by atoms with E-state index in [1.807, 2.05) is 48.9 Å². The van der Waals surface area contributed by atoms with E-state index in [1.165, 1.54) is 12.7 Å². The van der Waals surface area contributed by atoms with Gasteiger partial charge in [-0.1, -0.05) is 49.4 Å². The summed E-state index contributed by atoms with van der Waals surface area (Å²) in [5.41, 5.74) is 6.13. The Hall–Kier alpha value is -3.45. The number of hydrogen-bond acceptors (Lipinski definition) is 5. The van der Waals surface area contributed by atoms with Gasteiger partial charge in [-0.3, -0.25) is 14.5 Å². The molecule has 7 nitrogen and oxygen atoms in total. The lowest BCUT2D eigenvalue weighted by Gasteiger charge is -2.22. The van der Waals surface area contributed by atoms with Crippen LogP contribution in [0.3, 0.4) is 0 Å². The normalized spacial score (nSPS) is 17.9. The van der Waals surface area contributed by atoms with Gasteiger partial charge in [-0.15, -0.1) is 0 Å². The van der Waals surface area contributed by atoms with Gasteiger partial charge in [0, 0.05) is 30.4 Å². The summed E-state index contributed by atoms with van der Waals surface area (Å²) < 4.78 is 6.94. The number of para-hydroxylation sites is 1. The van der Waals surface area contributed by atoms with Gasteiger partial charge < -0.3 is 10.1 Å². The number of methoxy groups -OCH3 is 1. The number of aryl methyl sites for hydroxylation is 2. The number of likely N-dealkylation sites (tertiary alicyclic amines) is 1. The van der Waals surface area contributed by atoms with E-state index in [-0.39, 0.29) is 30.4 Å². The molecule has 1 fully saturated rings. The first-order valence-electron chi connectivity index (χ1n) is 12.2. The fourth-order valence-corrected chi connectivity index (χ4v) is 4.87. The van der Waals surface area contributed by atoms with E-state index in [2.05, 4.69) is 46.5 Å². The maximum absolute atomic E-state index is 13.0. The van der Waals surface area contributed by atoms with Crippen molar-refractivity contribution in [2.24, 2.45) is 0 Å². The highest BCUT2D eigenvalue weighted by molar-refractivity contribution is 5.80. The van der Waals surface area contributed by atoms with Crippen molar-refractivity contribution in [3.8, 4) is 5.69 Å². The quantitative estimate of drug-likeness (QED) is 0.506. The molecule has 35 heavy (non-hydrogen) atoms. The van der Waals surface area contributed by atoms with E-state index in [4.69, 9.17) is 4.74 Å². The summed E-state index contributed by atoms with van der Waals surface area (Å²) in [6.07, 6.45) is 1.78. The molecule has 184 valence electrons. The molecular formula is C28H34N4O3. The monoisotopic (exact) mass is 474 g/mol. The van der Waals surface area contributed by atoms with Crippen molar-refractivity contribution in [2.75, 3.05) is 13.7 Å². The lowest BCUT2D eigenvalue weighted by molar-refractivity contribution is -0.146. The van der Waals surface area contributed by atoms with Crippen LogP contribution in [0.5, 0.6) is 0 Å². The molecule has 1 amide bonds. The number of esters is 1. The molecule has 2 aromatic carbocycles. The maximum atomic E-state index is 13.0. The summed E-state index contributed by atoms with van der Waals surface area (Å²) in [5, 5.41) is 7.80. The first-order chi connectivity index (χ1) is 16.9. The third-order valence-electron chi connectivity index (χ3n) is 6.84. The second-order valence-corrected chi connectivity index (χ2v) is 9.21. The number of amides is 1. The number of nitrogens with one attached hydrogen (secondary N) is 1. The van der Waals surface area contributed by atoms with Crippen LogP contribution in [0, 0.1) is 13.8 Å². The topological polar surface area (TPSA) is 76.5 Å². The van der Waals surface area contributed by atoms with E-state index in [1.54, 1.807) is 0 Å². The van der Waals surface area contributed by atoms with Gasteiger partial charge in [-0.05, 0) is 49.9 Å². The second kappa shape index (κ2) is 10.9. The number of hydrogen-bond donors (Lipinski definition) is 1. The summed E-state index contributed by atoms with van der Waals surface area (Å²) in [6, 6.07) is 17.9. The van der Waals surface area contributed by atoms with Gasteiger partial charge in [-0.2, -0.15) is 5.10 Å². The minimum absolute atomic E-state index is 0.0634. The van der Waals surface area contributed by atoms with Crippen LogP contribution < -0.4 is 5.32 Å². The molecule has 0 saturated carbocycles. The van der Waals surface area contributed by atoms with Crippen molar-refractivity contribution in [1.29, 1.82) is 0 Å². The molecule has 0 unspecified atom stereocenters. The molecule has 1 aliphatic heterocycles. The lowest BCUT2D eigenvalue weighted by Crippen LogP contribution is -2.38. The van der Waals surface area contributed by atoms with Crippen molar-refractivity contribution >= 4 is 11.9 Å². The van der Waals surface area contributed by atoms with Crippen LogP contribution in [0.15, 0.2) is 54.6 Å². The number of nitrogens with zero attached hydrogens (tertiary/aromatic N) is 3. The van der Waals surface area contributed by atoms with Crippen molar-refractivity contribution in [2.45, 2.75) is 58.7 Å². The largest absolute Gasteiger partial charge is 0.468 e.